The lowest BCUT2D eigenvalue weighted by molar-refractivity contribution is -0.140. The van der Waals surface area contributed by atoms with E-state index in [-0.39, 0.29) is 23.2 Å². The van der Waals surface area contributed by atoms with Gasteiger partial charge in [-0.1, -0.05) is 12.8 Å². The van der Waals surface area contributed by atoms with E-state index in [1.54, 1.807) is 12.1 Å². The van der Waals surface area contributed by atoms with Crippen LogP contribution in [0, 0.1) is 0 Å². The maximum Gasteiger partial charge on any atom is 0.435 e. The minimum Gasteiger partial charge on any atom is -0.335 e. The summed E-state index contributed by atoms with van der Waals surface area (Å²) < 4.78 is 39.2. The van der Waals surface area contributed by atoms with Gasteiger partial charge in [0.2, 0.25) is 0 Å². The average molecular weight is 390 g/mol. The number of rotatable bonds is 3. The Kier molecular flexibility index (Phi) is 4.62. The number of aromatic amines is 1. The lowest BCUT2D eigenvalue weighted by Crippen LogP contribution is -2.36. The summed E-state index contributed by atoms with van der Waals surface area (Å²) in [4.78, 5) is 20.6. The Morgan fingerprint density at radius 2 is 1.96 bits per heavy atom. The second kappa shape index (κ2) is 7.10. The molecule has 0 radical (unpaired) electrons. The SMILES string of the molecule is O=C(Nc1ccc2ncc(-c3c[nH]nc3C(F)(F)F)cc2n1)NC1CCCC1. The molecule has 2 amide bonds. The van der Waals surface area contributed by atoms with Gasteiger partial charge in [0.05, 0.1) is 11.0 Å². The van der Waals surface area contributed by atoms with Crippen LogP contribution in [0.5, 0.6) is 0 Å². The first-order valence-corrected chi connectivity index (χ1v) is 8.86. The normalized spacial score (nSPS) is 15.1. The van der Waals surface area contributed by atoms with Crippen LogP contribution in [0.3, 0.4) is 0 Å². The zero-order valence-corrected chi connectivity index (χ0v) is 14.7. The second-order valence-corrected chi connectivity index (χ2v) is 6.68. The van der Waals surface area contributed by atoms with Crippen LogP contribution < -0.4 is 10.6 Å². The minimum atomic E-state index is -4.58. The van der Waals surface area contributed by atoms with E-state index in [0.717, 1.165) is 25.7 Å². The van der Waals surface area contributed by atoms with Crippen molar-refractivity contribution in [1.29, 1.82) is 0 Å². The largest absolute Gasteiger partial charge is 0.435 e. The molecule has 10 heteroatoms. The Morgan fingerprint density at radius 3 is 2.71 bits per heavy atom. The summed E-state index contributed by atoms with van der Waals surface area (Å²) in [6.07, 6.45) is 2.03. The van der Waals surface area contributed by atoms with Crippen LogP contribution >= 0.6 is 0 Å². The van der Waals surface area contributed by atoms with Crippen LogP contribution in [-0.4, -0.2) is 32.2 Å². The molecule has 0 spiro atoms. The number of urea groups is 1. The summed E-state index contributed by atoms with van der Waals surface area (Å²) >= 11 is 0. The van der Waals surface area contributed by atoms with Gasteiger partial charge in [-0.3, -0.25) is 15.4 Å². The number of anilines is 1. The van der Waals surface area contributed by atoms with Crippen LogP contribution in [0.1, 0.15) is 31.4 Å². The van der Waals surface area contributed by atoms with E-state index in [1.807, 2.05) is 0 Å². The first kappa shape index (κ1) is 18.2. The number of nitrogens with zero attached hydrogens (tertiary/aromatic N) is 3. The van der Waals surface area contributed by atoms with Gasteiger partial charge in [-0.25, -0.2) is 9.78 Å². The first-order valence-electron chi connectivity index (χ1n) is 8.86. The lowest BCUT2D eigenvalue weighted by Gasteiger charge is -2.13. The molecule has 0 aromatic carbocycles. The fourth-order valence-electron chi connectivity index (χ4n) is 3.36. The summed E-state index contributed by atoms with van der Waals surface area (Å²) in [5.74, 6) is 0.296. The van der Waals surface area contributed by atoms with E-state index in [0.29, 0.717) is 16.9 Å². The molecule has 0 unspecified atom stereocenters. The van der Waals surface area contributed by atoms with Crippen molar-refractivity contribution in [3.63, 3.8) is 0 Å². The summed E-state index contributed by atoms with van der Waals surface area (Å²) in [5.41, 5.74) is -0.0263. The van der Waals surface area contributed by atoms with Crippen molar-refractivity contribution >= 4 is 22.9 Å². The number of H-pyrrole nitrogens is 1. The van der Waals surface area contributed by atoms with Gasteiger partial charge < -0.3 is 5.32 Å². The quantitative estimate of drug-likeness (QED) is 0.627. The van der Waals surface area contributed by atoms with Crippen molar-refractivity contribution < 1.29 is 18.0 Å². The van der Waals surface area contributed by atoms with Crippen molar-refractivity contribution in [2.75, 3.05) is 5.32 Å². The maximum absolute atomic E-state index is 13.1. The molecule has 28 heavy (non-hydrogen) atoms. The Bertz CT molecular complexity index is 1010. The Labute approximate surface area is 157 Å². The maximum atomic E-state index is 13.1. The number of amides is 2. The van der Waals surface area contributed by atoms with Crippen LogP contribution in [0.2, 0.25) is 0 Å². The van der Waals surface area contributed by atoms with Gasteiger partial charge in [0, 0.05) is 29.6 Å². The molecule has 1 fully saturated rings. The number of carbonyl (C=O) groups is 1. The molecule has 4 rings (SSSR count). The lowest BCUT2D eigenvalue weighted by atomic mass is 10.1. The number of fused-ring (bicyclic) bond motifs is 1. The fraction of sp³-hybridized carbons (Fsp3) is 0.333. The predicted molar refractivity (Wildman–Crippen MR) is 96.5 cm³/mol. The molecule has 3 N–H and O–H groups in total. The molecule has 3 aromatic rings. The number of hydrogen-bond donors (Lipinski definition) is 3. The van der Waals surface area contributed by atoms with E-state index in [2.05, 4.69) is 30.8 Å². The molecule has 0 saturated heterocycles. The van der Waals surface area contributed by atoms with Gasteiger partial charge in [0.1, 0.15) is 5.82 Å². The highest BCUT2D eigenvalue weighted by molar-refractivity contribution is 5.90. The molecule has 0 bridgehead atoms. The Hall–Kier alpha value is -3.17. The highest BCUT2D eigenvalue weighted by Crippen LogP contribution is 2.35. The van der Waals surface area contributed by atoms with Gasteiger partial charge >= 0.3 is 12.2 Å². The van der Waals surface area contributed by atoms with Crippen molar-refractivity contribution in [3.05, 3.63) is 36.3 Å². The van der Waals surface area contributed by atoms with Gasteiger partial charge in [0.25, 0.3) is 0 Å². The number of pyridine rings is 2. The minimum absolute atomic E-state index is 0.110. The van der Waals surface area contributed by atoms with Gasteiger partial charge in [-0.05, 0) is 31.0 Å². The molecule has 1 aliphatic rings. The van der Waals surface area contributed by atoms with Crippen molar-refractivity contribution in [1.82, 2.24) is 25.5 Å². The second-order valence-electron chi connectivity index (χ2n) is 6.68. The highest BCUT2D eigenvalue weighted by Gasteiger charge is 2.36. The molecular weight excluding hydrogens is 373 g/mol. The molecule has 1 aliphatic carbocycles. The van der Waals surface area contributed by atoms with Gasteiger partial charge in [0.15, 0.2) is 5.69 Å². The van der Waals surface area contributed by atoms with Gasteiger partial charge in [-0.2, -0.15) is 18.3 Å². The fourth-order valence-corrected chi connectivity index (χ4v) is 3.36. The highest BCUT2D eigenvalue weighted by atomic mass is 19.4. The van der Waals surface area contributed by atoms with E-state index in [9.17, 15) is 18.0 Å². The smallest absolute Gasteiger partial charge is 0.335 e. The molecule has 146 valence electrons. The van der Waals surface area contributed by atoms with E-state index in [4.69, 9.17) is 0 Å². The average Bonchev–Trinajstić information content (AvgIpc) is 3.32. The van der Waals surface area contributed by atoms with Crippen LogP contribution in [0.4, 0.5) is 23.8 Å². The molecular formula is C18H17F3N6O. The van der Waals surface area contributed by atoms with E-state index in [1.165, 1.54) is 18.5 Å². The molecule has 1 saturated carbocycles. The third kappa shape index (κ3) is 3.75. The standard InChI is InChI=1S/C18H17F3N6O/c19-18(20,21)16-12(9-23-27-16)10-7-14-13(22-8-10)5-6-15(25-14)26-17(28)24-11-3-1-2-4-11/h5-9,11H,1-4H2,(H,23,27)(H2,24,25,26,28). The molecule has 7 nitrogen and oxygen atoms in total. The van der Waals surface area contributed by atoms with E-state index >= 15 is 0 Å². The zero-order valence-electron chi connectivity index (χ0n) is 14.7. The predicted octanol–water partition coefficient (Wildman–Crippen LogP) is 4.10. The number of hydrogen-bond acceptors (Lipinski definition) is 4. The summed E-state index contributed by atoms with van der Waals surface area (Å²) in [6.45, 7) is 0. The first-order chi connectivity index (χ1) is 13.4. The summed E-state index contributed by atoms with van der Waals surface area (Å²) in [5, 5.41) is 11.1. The van der Waals surface area contributed by atoms with Crippen molar-refractivity contribution in [2.24, 2.45) is 0 Å². The number of carbonyl (C=O) groups excluding carboxylic acids is 1. The van der Waals surface area contributed by atoms with Crippen molar-refractivity contribution in [3.8, 4) is 11.1 Å². The Morgan fingerprint density at radius 1 is 1.18 bits per heavy atom. The van der Waals surface area contributed by atoms with Crippen molar-refractivity contribution in [2.45, 2.75) is 37.9 Å². The monoisotopic (exact) mass is 390 g/mol. The third-order valence-corrected chi connectivity index (χ3v) is 4.69. The topological polar surface area (TPSA) is 95.6 Å². The third-order valence-electron chi connectivity index (χ3n) is 4.69. The molecule has 0 atom stereocenters. The zero-order chi connectivity index (χ0) is 19.7. The molecule has 3 aromatic heterocycles. The molecule has 3 heterocycles. The molecule has 0 aliphatic heterocycles. The van der Waals surface area contributed by atoms with Gasteiger partial charge in [-0.15, -0.1) is 0 Å². The van der Waals surface area contributed by atoms with Crippen LogP contribution in [0.15, 0.2) is 30.6 Å². The van der Waals surface area contributed by atoms with Crippen LogP contribution in [0.25, 0.3) is 22.2 Å². The number of alkyl halides is 3. The summed E-state index contributed by atoms with van der Waals surface area (Å²) in [7, 11) is 0. The van der Waals surface area contributed by atoms with Crippen LogP contribution in [-0.2, 0) is 6.18 Å². The number of halogens is 3. The number of aromatic nitrogens is 4. The number of nitrogens with one attached hydrogen (secondary N) is 3. The van der Waals surface area contributed by atoms with E-state index < -0.39 is 11.9 Å². The summed E-state index contributed by atoms with van der Waals surface area (Å²) in [6, 6.07) is 4.55. The Balaban J connectivity index is 1.59.